The number of rotatable bonds is 3. The molecule has 2 rings (SSSR count). The molecule has 17 heavy (non-hydrogen) atoms. The molecule has 0 bridgehead atoms. The van der Waals surface area contributed by atoms with Gasteiger partial charge in [-0.2, -0.15) is 11.8 Å². The minimum Gasteiger partial charge on any atom is -0.326 e. The van der Waals surface area contributed by atoms with Gasteiger partial charge in [-0.15, -0.1) is 0 Å². The highest BCUT2D eigenvalue weighted by molar-refractivity contribution is 7.99. The predicted molar refractivity (Wildman–Crippen MR) is 74.7 cm³/mol. The second kappa shape index (κ2) is 6.31. The van der Waals surface area contributed by atoms with Crippen LogP contribution in [-0.4, -0.2) is 17.4 Å². The number of carbonyl (C=O) groups excluding carboxylic acids is 1. The van der Waals surface area contributed by atoms with Gasteiger partial charge < -0.3 is 5.32 Å². The lowest BCUT2D eigenvalue weighted by atomic mass is 9.98. The third kappa shape index (κ3) is 4.25. The highest BCUT2D eigenvalue weighted by Gasteiger charge is 2.17. The third-order valence-corrected chi connectivity index (χ3v) is 4.21. The van der Waals surface area contributed by atoms with E-state index in [2.05, 4.69) is 5.32 Å². The molecule has 1 N–H and O–H groups in total. The van der Waals surface area contributed by atoms with Crippen LogP contribution in [0.4, 0.5) is 5.69 Å². The van der Waals surface area contributed by atoms with Gasteiger partial charge >= 0.3 is 0 Å². The van der Waals surface area contributed by atoms with Crippen molar-refractivity contribution in [2.75, 3.05) is 16.8 Å². The molecule has 1 saturated heterocycles. The van der Waals surface area contributed by atoms with E-state index >= 15 is 0 Å². The van der Waals surface area contributed by atoms with Crippen LogP contribution in [0.15, 0.2) is 24.3 Å². The summed E-state index contributed by atoms with van der Waals surface area (Å²) in [5.74, 6) is 3.03. The number of anilines is 1. The van der Waals surface area contributed by atoms with E-state index in [9.17, 15) is 4.79 Å². The Kier molecular flexibility index (Phi) is 4.75. The van der Waals surface area contributed by atoms with Gasteiger partial charge in [0.15, 0.2) is 0 Å². The molecule has 0 radical (unpaired) electrons. The Morgan fingerprint density at radius 2 is 2.18 bits per heavy atom. The van der Waals surface area contributed by atoms with Crippen molar-refractivity contribution in [3.63, 3.8) is 0 Å². The Hall–Kier alpha value is -0.670. The predicted octanol–water partition coefficient (Wildman–Crippen LogP) is 3.81. The van der Waals surface area contributed by atoms with Crippen LogP contribution in [0.1, 0.15) is 19.3 Å². The number of halogens is 1. The van der Waals surface area contributed by atoms with E-state index < -0.39 is 0 Å². The van der Waals surface area contributed by atoms with Crippen molar-refractivity contribution in [3.8, 4) is 0 Å². The van der Waals surface area contributed by atoms with Crippen molar-refractivity contribution in [2.45, 2.75) is 19.3 Å². The Labute approximate surface area is 111 Å². The molecule has 0 aromatic heterocycles. The molecule has 4 heteroatoms. The van der Waals surface area contributed by atoms with Crippen LogP contribution < -0.4 is 5.32 Å². The van der Waals surface area contributed by atoms with Crippen LogP contribution in [0, 0.1) is 5.92 Å². The monoisotopic (exact) mass is 269 g/mol. The Bertz CT molecular complexity index is 391. The molecule has 0 unspecified atom stereocenters. The van der Waals surface area contributed by atoms with Gasteiger partial charge in [-0.3, -0.25) is 4.79 Å². The molecule has 0 saturated carbocycles. The van der Waals surface area contributed by atoms with Crippen molar-refractivity contribution in [1.82, 2.24) is 0 Å². The fraction of sp³-hybridized carbons (Fsp3) is 0.462. The summed E-state index contributed by atoms with van der Waals surface area (Å²) in [6, 6.07) is 7.28. The summed E-state index contributed by atoms with van der Waals surface area (Å²) in [6.07, 6.45) is 2.95. The number of amides is 1. The lowest BCUT2D eigenvalue weighted by Gasteiger charge is -2.20. The minimum atomic E-state index is 0.101. The van der Waals surface area contributed by atoms with E-state index in [4.69, 9.17) is 11.6 Å². The maximum absolute atomic E-state index is 11.8. The molecule has 0 aliphatic carbocycles. The molecular weight excluding hydrogens is 254 g/mol. The minimum absolute atomic E-state index is 0.101. The summed E-state index contributed by atoms with van der Waals surface area (Å²) >= 11 is 7.85. The van der Waals surface area contributed by atoms with Gasteiger partial charge in [0.05, 0.1) is 0 Å². The first-order valence-corrected chi connectivity index (χ1v) is 7.40. The van der Waals surface area contributed by atoms with Crippen LogP contribution >= 0.6 is 23.4 Å². The first kappa shape index (κ1) is 12.8. The fourth-order valence-corrected chi connectivity index (χ4v) is 3.39. The second-order valence-corrected chi connectivity index (χ2v) is 5.98. The van der Waals surface area contributed by atoms with Gasteiger partial charge in [-0.05, 0) is 48.5 Å². The Morgan fingerprint density at radius 1 is 1.41 bits per heavy atom. The number of nitrogens with one attached hydrogen (secondary N) is 1. The van der Waals surface area contributed by atoms with E-state index in [0.717, 1.165) is 18.5 Å². The van der Waals surface area contributed by atoms with Crippen LogP contribution in [0.5, 0.6) is 0 Å². The molecule has 0 spiro atoms. The highest BCUT2D eigenvalue weighted by Crippen LogP contribution is 2.25. The zero-order valence-electron chi connectivity index (χ0n) is 9.62. The molecular formula is C13H16ClNOS. The van der Waals surface area contributed by atoms with E-state index in [0.29, 0.717) is 17.4 Å². The molecule has 1 aliphatic rings. The number of hydrogen-bond acceptors (Lipinski definition) is 2. The molecule has 1 heterocycles. The van der Waals surface area contributed by atoms with Crippen molar-refractivity contribution in [3.05, 3.63) is 29.3 Å². The SMILES string of the molecule is O=C(CC1CCSCC1)Nc1cccc(Cl)c1. The van der Waals surface area contributed by atoms with E-state index in [1.54, 1.807) is 12.1 Å². The van der Waals surface area contributed by atoms with Crippen LogP contribution in [-0.2, 0) is 4.79 Å². The summed E-state index contributed by atoms with van der Waals surface area (Å²) in [5, 5.41) is 3.55. The highest BCUT2D eigenvalue weighted by atomic mass is 35.5. The first-order chi connectivity index (χ1) is 8.24. The summed E-state index contributed by atoms with van der Waals surface area (Å²) < 4.78 is 0. The maximum atomic E-state index is 11.8. The van der Waals surface area contributed by atoms with Crippen molar-refractivity contribution < 1.29 is 4.79 Å². The lowest BCUT2D eigenvalue weighted by molar-refractivity contribution is -0.117. The molecule has 1 aromatic rings. The van der Waals surface area contributed by atoms with Gasteiger partial charge in [0.25, 0.3) is 0 Å². The standard InChI is InChI=1S/C13H16ClNOS/c14-11-2-1-3-12(9-11)15-13(16)8-10-4-6-17-7-5-10/h1-3,9-10H,4-8H2,(H,15,16). The maximum Gasteiger partial charge on any atom is 0.224 e. The third-order valence-electron chi connectivity index (χ3n) is 2.92. The molecule has 2 nitrogen and oxygen atoms in total. The van der Waals surface area contributed by atoms with Crippen LogP contribution in [0.25, 0.3) is 0 Å². The second-order valence-electron chi connectivity index (χ2n) is 4.32. The summed E-state index contributed by atoms with van der Waals surface area (Å²) in [5.41, 5.74) is 0.785. The largest absolute Gasteiger partial charge is 0.326 e. The van der Waals surface area contributed by atoms with Gasteiger partial charge in [0, 0.05) is 17.1 Å². The van der Waals surface area contributed by atoms with Gasteiger partial charge in [-0.1, -0.05) is 17.7 Å². The Morgan fingerprint density at radius 3 is 2.88 bits per heavy atom. The zero-order chi connectivity index (χ0) is 12.1. The number of carbonyl (C=O) groups is 1. The number of thioether (sulfide) groups is 1. The Balaban J connectivity index is 1.84. The first-order valence-electron chi connectivity index (χ1n) is 5.87. The summed E-state index contributed by atoms with van der Waals surface area (Å²) in [6.45, 7) is 0. The number of benzene rings is 1. The van der Waals surface area contributed by atoms with E-state index in [1.165, 1.54) is 11.5 Å². The molecule has 1 aliphatic heterocycles. The topological polar surface area (TPSA) is 29.1 Å². The molecule has 0 atom stereocenters. The van der Waals surface area contributed by atoms with E-state index in [-0.39, 0.29) is 5.91 Å². The molecule has 1 fully saturated rings. The molecule has 92 valence electrons. The smallest absolute Gasteiger partial charge is 0.224 e. The average molecular weight is 270 g/mol. The van der Waals surface area contributed by atoms with E-state index in [1.807, 2.05) is 23.9 Å². The lowest BCUT2D eigenvalue weighted by Crippen LogP contribution is -2.19. The van der Waals surface area contributed by atoms with Crippen molar-refractivity contribution in [1.29, 1.82) is 0 Å². The van der Waals surface area contributed by atoms with Gasteiger partial charge in [0.2, 0.25) is 5.91 Å². The van der Waals surface area contributed by atoms with Gasteiger partial charge in [-0.25, -0.2) is 0 Å². The molecule has 1 amide bonds. The van der Waals surface area contributed by atoms with Crippen molar-refractivity contribution >= 4 is 35.0 Å². The van der Waals surface area contributed by atoms with Crippen LogP contribution in [0.3, 0.4) is 0 Å². The van der Waals surface area contributed by atoms with Crippen molar-refractivity contribution in [2.24, 2.45) is 5.92 Å². The average Bonchev–Trinajstić information content (AvgIpc) is 2.30. The quantitative estimate of drug-likeness (QED) is 0.904. The van der Waals surface area contributed by atoms with Crippen LogP contribution in [0.2, 0.25) is 5.02 Å². The normalized spacial score (nSPS) is 16.8. The number of hydrogen-bond donors (Lipinski definition) is 1. The fourth-order valence-electron chi connectivity index (χ4n) is 1.99. The van der Waals surface area contributed by atoms with Gasteiger partial charge in [0.1, 0.15) is 0 Å². The zero-order valence-corrected chi connectivity index (χ0v) is 11.2. The molecule has 1 aromatic carbocycles. The summed E-state index contributed by atoms with van der Waals surface area (Å²) in [4.78, 5) is 11.8. The summed E-state index contributed by atoms with van der Waals surface area (Å²) in [7, 11) is 0.